The number of para-hydroxylation sites is 1. The summed E-state index contributed by atoms with van der Waals surface area (Å²) in [6.45, 7) is 0. The number of aliphatic imine (C=N–C) groups is 1. The Hall–Kier alpha value is -3.32. The maximum atomic E-state index is 13.4. The van der Waals surface area contributed by atoms with Gasteiger partial charge in [-0.25, -0.2) is 9.98 Å². The average molecular weight is 492 g/mol. The Balaban J connectivity index is 1.53. The quantitative estimate of drug-likeness (QED) is 0.219. The van der Waals surface area contributed by atoms with Crippen LogP contribution in [0.15, 0.2) is 99.4 Å². The van der Waals surface area contributed by atoms with Gasteiger partial charge < -0.3 is 4.42 Å². The Morgan fingerprint density at radius 1 is 0.939 bits per heavy atom. The van der Waals surface area contributed by atoms with Crippen LogP contribution in [0.25, 0.3) is 17.4 Å². The van der Waals surface area contributed by atoms with E-state index in [1.807, 2.05) is 54.6 Å². The number of furan rings is 1. The van der Waals surface area contributed by atoms with E-state index in [0.717, 1.165) is 5.56 Å². The number of carbonyl (C=O) groups is 1. The molecule has 0 saturated carbocycles. The first-order chi connectivity index (χ1) is 16.1. The molecule has 0 radical (unpaired) electrons. The van der Waals surface area contributed by atoms with Gasteiger partial charge in [-0.3, -0.25) is 9.69 Å². The number of amidine groups is 1. The summed E-state index contributed by atoms with van der Waals surface area (Å²) in [5.74, 6) is 0.953. The number of hydrogen-bond acceptors (Lipinski definition) is 5. The predicted molar refractivity (Wildman–Crippen MR) is 135 cm³/mol. The first-order valence-electron chi connectivity index (χ1n) is 9.93. The average Bonchev–Trinajstić information content (AvgIpc) is 3.41. The maximum Gasteiger partial charge on any atom is 0.271 e. The van der Waals surface area contributed by atoms with Crippen LogP contribution in [-0.4, -0.2) is 16.1 Å². The SMILES string of the molecule is O=C1/C(=C\c2ccc(-c3ccccc3Cl)o2)SC(=Nc2cccnc2Cl)N1c1ccccc1. The molecule has 2 aromatic heterocycles. The normalized spacial score (nSPS) is 16.2. The highest BCUT2D eigenvalue weighted by Crippen LogP contribution is 2.38. The molecule has 0 aliphatic carbocycles. The fourth-order valence-corrected chi connectivity index (χ4v) is 4.65. The van der Waals surface area contributed by atoms with E-state index >= 15 is 0 Å². The molecular weight excluding hydrogens is 477 g/mol. The summed E-state index contributed by atoms with van der Waals surface area (Å²) in [5, 5.41) is 1.33. The number of rotatable bonds is 4. The van der Waals surface area contributed by atoms with Crippen molar-refractivity contribution >= 4 is 63.5 Å². The van der Waals surface area contributed by atoms with E-state index in [1.165, 1.54) is 11.8 Å². The molecule has 0 bridgehead atoms. The van der Waals surface area contributed by atoms with Gasteiger partial charge in [0, 0.05) is 17.8 Å². The lowest BCUT2D eigenvalue weighted by Gasteiger charge is -2.15. The minimum absolute atomic E-state index is 0.208. The molecule has 0 unspecified atom stereocenters. The first kappa shape index (κ1) is 21.5. The van der Waals surface area contributed by atoms with Crippen molar-refractivity contribution < 1.29 is 9.21 Å². The monoisotopic (exact) mass is 491 g/mol. The third-order valence-corrected chi connectivity index (χ3v) is 6.41. The van der Waals surface area contributed by atoms with Gasteiger partial charge in [0.1, 0.15) is 17.2 Å². The van der Waals surface area contributed by atoms with Crippen LogP contribution in [0.2, 0.25) is 10.2 Å². The molecule has 5 rings (SSSR count). The summed E-state index contributed by atoms with van der Waals surface area (Å²) in [7, 11) is 0. The minimum Gasteiger partial charge on any atom is -0.457 e. The molecule has 4 aromatic rings. The smallest absolute Gasteiger partial charge is 0.271 e. The van der Waals surface area contributed by atoms with Gasteiger partial charge >= 0.3 is 0 Å². The van der Waals surface area contributed by atoms with E-state index in [2.05, 4.69) is 9.98 Å². The molecule has 1 fully saturated rings. The summed E-state index contributed by atoms with van der Waals surface area (Å²) in [6, 6.07) is 23.9. The maximum absolute atomic E-state index is 13.4. The van der Waals surface area contributed by atoms with Gasteiger partial charge in [-0.2, -0.15) is 0 Å². The Bertz CT molecular complexity index is 1400. The van der Waals surface area contributed by atoms with Crippen molar-refractivity contribution in [3.8, 4) is 11.3 Å². The van der Waals surface area contributed by atoms with Gasteiger partial charge in [0.05, 0.1) is 15.6 Å². The molecule has 162 valence electrons. The number of thioether (sulfide) groups is 1. The lowest BCUT2D eigenvalue weighted by Crippen LogP contribution is -2.28. The van der Waals surface area contributed by atoms with E-state index in [4.69, 9.17) is 27.6 Å². The number of halogens is 2. The number of amides is 1. The van der Waals surface area contributed by atoms with Crippen molar-refractivity contribution in [3.05, 3.63) is 106 Å². The van der Waals surface area contributed by atoms with Crippen LogP contribution >= 0.6 is 35.0 Å². The first-order valence-corrected chi connectivity index (χ1v) is 11.5. The lowest BCUT2D eigenvalue weighted by atomic mass is 10.2. The van der Waals surface area contributed by atoms with Gasteiger partial charge in [-0.1, -0.05) is 53.5 Å². The Morgan fingerprint density at radius 2 is 1.73 bits per heavy atom. The number of aromatic nitrogens is 1. The zero-order valence-corrected chi connectivity index (χ0v) is 19.3. The van der Waals surface area contributed by atoms with Crippen LogP contribution in [0.5, 0.6) is 0 Å². The van der Waals surface area contributed by atoms with Crippen molar-refractivity contribution in [3.63, 3.8) is 0 Å². The van der Waals surface area contributed by atoms with Crippen LogP contribution in [-0.2, 0) is 4.79 Å². The van der Waals surface area contributed by atoms with E-state index in [-0.39, 0.29) is 11.1 Å². The molecule has 0 atom stereocenters. The number of hydrogen-bond donors (Lipinski definition) is 0. The molecule has 3 heterocycles. The Kier molecular flexibility index (Phi) is 6.05. The molecule has 0 N–H and O–H groups in total. The molecule has 5 nitrogen and oxygen atoms in total. The van der Waals surface area contributed by atoms with Crippen LogP contribution < -0.4 is 4.90 Å². The van der Waals surface area contributed by atoms with E-state index in [0.29, 0.717) is 38.0 Å². The third kappa shape index (κ3) is 4.46. The summed E-state index contributed by atoms with van der Waals surface area (Å²) in [6.07, 6.45) is 3.30. The molecule has 1 saturated heterocycles. The van der Waals surface area contributed by atoms with Crippen LogP contribution in [0.1, 0.15) is 5.76 Å². The number of anilines is 1. The molecule has 1 aliphatic rings. The number of nitrogens with zero attached hydrogens (tertiary/aromatic N) is 3. The second-order valence-electron chi connectivity index (χ2n) is 6.98. The number of benzene rings is 2. The molecule has 1 aliphatic heterocycles. The third-order valence-electron chi connectivity index (χ3n) is 4.82. The topological polar surface area (TPSA) is 58.7 Å². The van der Waals surface area contributed by atoms with Gasteiger partial charge in [0.2, 0.25) is 0 Å². The van der Waals surface area contributed by atoms with E-state index in [1.54, 1.807) is 41.4 Å². The highest BCUT2D eigenvalue weighted by Gasteiger charge is 2.35. The van der Waals surface area contributed by atoms with Crippen molar-refractivity contribution in [1.29, 1.82) is 0 Å². The van der Waals surface area contributed by atoms with Crippen LogP contribution in [0.4, 0.5) is 11.4 Å². The fraction of sp³-hybridized carbons (Fsp3) is 0. The van der Waals surface area contributed by atoms with E-state index in [9.17, 15) is 4.79 Å². The Labute approximate surface area is 204 Å². The summed E-state index contributed by atoms with van der Waals surface area (Å²) < 4.78 is 5.96. The summed E-state index contributed by atoms with van der Waals surface area (Å²) in [5.41, 5.74) is 1.97. The van der Waals surface area contributed by atoms with Gasteiger partial charge in [-0.05, 0) is 60.3 Å². The molecule has 0 spiro atoms. The molecule has 1 amide bonds. The number of pyridine rings is 1. The minimum atomic E-state index is -0.208. The lowest BCUT2D eigenvalue weighted by molar-refractivity contribution is -0.113. The molecule has 2 aromatic carbocycles. The molecule has 33 heavy (non-hydrogen) atoms. The molecule has 8 heteroatoms. The predicted octanol–water partition coefficient (Wildman–Crippen LogP) is 7.46. The van der Waals surface area contributed by atoms with Crippen molar-refractivity contribution in [1.82, 2.24) is 4.98 Å². The van der Waals surface area contributed by atoms with Crippen molar-refractivity contribution in [2.75, 3.05) is 4.90 Å². The largest absolute Gasteiger partial charge is 0.457 e. The van der Waals surface area contributed by atoms with Crippen LogP contribution in [0.3, 0.4) is 0 Å². The van der Waals surface area contributed by atoms with Gasteiger partial charge in [-0.15, -0.1) is 0 Å². The highest BCUT2D eigenvalue weighted by atomic mass is 35.5. The zero-order chi connectivity index (χ0) is 22.8. The molecular formula is C25H15Cl2N3O2S. The van der Waals surface area contributed by atoms with Crippen molar-refractivity contribution in [2.24, 2.45) is 4.99 Å². The standard InChI is InChI=1S/C25H15Cl2N3O2S/c26-19-10-5-4-9-18(19)21-13-12-17(32-21)15-22-24(31)30(16-7-2-1-3-8-16)25(33-22)29-20-11-6-14-28-23(20)27/h1-15H/b22-15+,29-25?. The number of carbonyl (C=O) groups excluding carboxylic acids is 1. The van der Waals surface area contributed by atoms with Crippen molar-refractivity contribution in [2.45, 2.75) is 0 Å². The van der Waals surface area contributed by atoms with E-state index < -0.39 is 0 Å². The second kappa shape index (κ2) is 9.27. The summed E-state index contributed by atoms with van der Waals surface area (Å²) in [4.78, 5) is 24.1. The zero-order valence-electron chi connectivity index (χ0n) is 17.0. The van der Waals surface area contributed by atoms with Crippen LogP contribution in [0, 0.1) is 0 Å². The Morgan fingerprint density at radius 3 is 2.52 bits per heavy atom. The summed E-state index contributed by atoms with van der Waals surface area (Å²) >= 11 is 13.7. The second-order valence-corrected chi connectivity index (χ2v) is 8.75. The fourth-order valence-electron chi connectivity index (χ4n) is 3.28. The highest BCUT2D eigenvalue weighted by molar-refractivity contribution is 8.19. The van der Waals surface area contributed by atoms with Gasteiger partial charge in [0.25, 0.3) is 5.91 Å². The van der Waals surface area contributed by atoms with Gasteiger partial charge in [0.15, 0.2) is 10.3 Å².